The molecule has 1 saturated heterocycles. The van der Waals surface area contributed by atoms with E-state index in [9.17, 15) is 9.59 Å². The molecule has 0 unspecified atom stereocenters. The molecule has 22 heavy (non-hydrogen) atoms. The van der Waals surface area contributed by atoms with Crippen molar-refractivity contribution in [3.05, 3.63) is 35.9 Å². The monoisotopic (exact) mass is 305 g/mol. The predicted octanol–water partition coefficient (Wildman–Crippen LogP) is 2.15. The smallest absolute Gasteiger partial charge is 0.338 e. The minimum atomic E-state index is -1.30. The van der Waals surface area contributed by atoms with Crippen molar-refractivity contribution < 1.29 is 19.1 Å². The van der Waals surface area contributed by atoms with Crippen LogP contribution in [0, 0.1) is 0 Å². The summed E-state index contributed by atoms with van der Waals surface area (Å²) in [6.07, 6.45) is 1.21. The van der Waals surface area contributed by atoms with E-state index in [-0.39, 0.29) is 13.2 Å². The molecular formula is C17H23NO4. The highest BCUT2D eigenvalue weighted by Crippen LogP contribution is 2.33. The molecule has 0 spiro atoms. The molecule has 120 valence electrons. The van der Waals surface area contributed by atoms with E-state index in [1.165, 1.54) is 0 Å². The highest BCUT2D eigenvalue weighted by molar-refractivity contribution is 6.05. The molecule has 5 heteroatoms. The number of benzene rings is 1. The second-order valence-corrected chi connectivity index (χ2v) is 5.31. The maximum atomic E-state index is 12.5. The standard InChI is InChI=1S/C17H23NO4/c1-3-21-15(19)17(16(20)22-4-2)11-8-12-18(17)13-14-9-6-5-7-10-14/h5-7,9-10H,3-4,8,11-13H2,1-2H3. The van der Waals surface area contributed by atoms with Crippen molar-refractivity contribution in [1.82, 2.24) is 4.90 Å². The summed E-state index contributed by atoms with van der Waals surface area (Å²) in [6.45, 7) is 5.18. The van der Waals surface area contributed by atoms with Gasteiger partial charge in [-0.2, -0.15) is 0 Å². The quantitative estimate of drug-likeness (QED) is 0.595. The van der Waals surface area contributed by atoms with Crippen molar-refractivity contribution in [2.45, 2.75) is 38.8 Å². The van der Waals surface area contributed by atoms with Crippen LogP contribution in [-0.4, -0.2) is 42.1 Å². The Hall–Kier alpha value is -1.88. The number of nitrogens with zero attached hydrogens (tertiary/aromatic N) is 1. The van der Waals surface area contributed by atoms with Gasteiger partial charge in [-0.25, -0.2) is 9.59 Å². The summed E-state index contributed by atoms with van der Waals surface area (Å²) in [7, 11) is 0. The van der Waals surface area contributed by atoms with Gasteiger partial charge in [0.2, 0.25) is 5.54 Å². The zero-order valence-corrected chi connectivity index (χ0v) is 13.2. The van der Waals surface area contributed by atoms with Gasteiger partial charge in [-0.3, -0.25) is 4.90 Å². The molecule has 1 heterocycles. The Kier molecular flexibility index (Phi) is 5.55. The van der Waals surface area contributed by atoms with E-state index < -0.39 is 17.5 Å². The fourth-order valence-corrected chi connectivity index (χ4v) is 2.94. The van der Waals surface area contributed by atoms with E-state index in [2.05, 4.69) is 0 Å². The fourth-order valence-electron chi connectivity index (χ4n) is 2.94. The third kappa shape index (κ3) is 3.14. The van der Waals surface area contributed by atoms with Crippen LogP contribution in [0.1, 0.15) is 32.3 Å². The van der Waals surface area contributed by atoms with E-state index in [1.54, 1.807) is 13.8 Å². The highest BCUT2D eigenvalue weighted by atomic mass is 16.6. The maximum Gasteiger partial charge on any atom is 0.338 e. The number of carbonyl (C=O) groups excluding carboxylic acids is 2. The Morgan fingerprint density at radius 3 is 2.23 bits per heavy atom. The number of likely N-dealkylation sites (tertiary alicyclic amines) is 1. The summed E-state index contributed by atoms with van der Waals surface area (Å²) >= 11 is 0. The van der Waals surface area contributed by atoms with E-state index in [4.69, 9.17) is 9.47 Å². The minimum absolute atomic E-state index is 0.249. The van der Waals surface area contributed by atoms with E-state index in [1.807, 2.05) is 35.2 Å². The van der Waals surface area contributed by atoms with E-state index >= 15 is 0 Å². The zero-order chi connectivity index (χ0) is 16.0. The van der Waals surface area contributed by atoms with Gasteiger partial charge in [0.25, 0.3) is 0 Å². The molecule has 1 aliphatic heterocycles. The Morgan fingerprint density at radius 1 is 1.09 bits per heavy atom. The second-order valence-electron chi connectivity index (χ2n) is 5.31. The molecule has 0 bridgehead atoms. The van der Waals surface area contributed by atoms with Crippen LogP contribution >= 0.6 is 0 Å². The second kappa shape index (κ2) is 7.40. The first-order valence-electron chi connectivity index (χ1n) is 7.78. The highest BCUT2D eigenvalue weighted by Gasteiger charge is 2.56. The summed E-state index contributed by atoms with van der Waals surface area (Å²) in [6, 6.07) is 9.81. The Labute approximate surface area is 131 Å². The van der Waals surface area contributed by atoms with Crippen LogP contribution in [0.25, 0.3) is 0 Å². The fraction of sp³-hybridized carbons (Fsp3) is 0.529. The SMILES string of the molecule is CCOC(=O)C1(C(=O)OCC)CCCN1Cc1ccccc1. The van der Waals surface area contributed by atoms with Gasteiger partial charge in [0, 0.05) is 13.1 Å². The minimum Gasteiger partial charge on any atom is -0.464 e. The van der Waals surface area contributed by atoms with Gasteiger partial charge in [-0.05, 0) is 32.3 Å². The summed E-state index contributed by atoms with van der Waals surface area (Å²) in [4.78, 5) is 26.9. The van der Waals surface area contributed by atoms with E-state index in [0.29, 0.717) is 19.5 Å². The number of esters is 2. The van der Waals surface area contributed by atoms with Gasteiger partial charge in [0.15, 0.2) is 0 Å². The molecule has 0 aliphatic carbocycles. The lowest BCUT2D eigenvalue weighted by Gasteiger charge is -2.33. The van der Waals surface area contributed by atoms with Crippen LogP contribution in [0.2, 0.25) is 0 Å². The average Bonchev–Trinajstić information content (AvgIpc) is 2.93. The number of rotatable bonds is 6. The summed E-state index contributed by atoms with van der Waals surface area (Å²) in [5.41, 5.74) is -0.246. The van der Waals surface area contributed by atoms with Crippen LogP contribution in [0.15, 0.2) is 30.3 Å². The van der Waals surface area contributed by atoms with Crippen molar-refractivity contribution in [1.29, 1.82) is 0 Å². The molecule has 0 saturated carbocycles. The van der Waals surface area contributed by atoms with Gasteiger partial charge < -0.3 is 9.47 Å². The molecule has 0 aromatic heterocycles. The van der Waals surface area contributed by atoms with Gasteiger partial charge >= 0.3 is 11.9 Å². The molecule has 0 radical (unpaired) electrons. The number of carbonyl (C=O) groups is 2. The lowest BCUT2D eigenvalue weighted by atomic mass is 9.95. The van der Waals surface area contributed by atoms with Crippen molar-refractivity contribution in [2.75, 3.05) is 19.8 Å². The van der Waals surface area contributed by atoms with Gasteiger partial charge in [-0.1, -0.05) is 30.3 Å². The Bertz CT molecular complexity index is 497. The maximum absolute atomic E-state index is 12.5. The van der Waals surface area contributed by atoms with Crippen LogP contribution in [-0.2, 0) is 25.6 Å². The summed E-state index contributed by atoms with van der Waals surface area (Å²) in [5, 5.41) is 0. The summed E-state index contributed by atoms with van der Waals surface area (Å²) in [5.74, 6) is -0.997. The molecule has 1 aliphatic rings. The van der Waals surface area contributed by atoms with Crippen molar-refractivity contribution in [3.63, 3.8) is 0 Å². The van der Waals surface area contributed by atoms with Gasteiger partial charge in [0.05, 0.1) is 13.2 Å². The first-order chi connectivity index (χ1) is 10.6. The van der Waals surface area contributed by atoms with Crippen LogP contribution in [0.3, 0.4) is 0 Å². The molecular weight excluding hydrogens is 282 g/mol. The van der Waals surface area contributed by atoms with Gasteiger partial charge in [-0.15, -0.1) is 0 Å². The van der Waals surface area contributed by atoms with Crippen LogP contribution in [0.5, 0.6) is 0 Å². The number of ether oxygens (including phenoxy) is 2. The lowest BCUT2D eigenvalue weighted by Crippen LogP contribution is -2.57. The average molecular weight is 305 g/mol. The first kappa shape index (κ1) is 16.5. The molecule has 1 fully saturated rings. The molecule has 1 aromatic carbocycles. The third-order valence-electron chi connectivity index (χ3n) is 3.95. The van der Waals surface area contributed by atoms with Crippen molar-refractivity contribution in [2.24, 2.45) is 0 Å². The molecule has 2 rings (SSSR count). The molecule has 0 amide bonds. The molecule has 5 nitrogen and oxygen atoms in total. The van der Waals surface area contributed by atoms with Crippen molar-refractivity contribution in [3.8, 4) is 0 Å². The predicted molar refractivity (Wildman–Crippen MR) is 82.1 cm³/mol. The van der Waals surface area contributed by atoms with Gasteiger partial charge in [0.1, 0.15) is 0 Å². The Morgan fingerprint density at radius 2 is 1.68 bits per heavy atom. The first-order valence-corrected chi connectivity index (χ1v) is 7.78. The molecule has 0 N–H and O–H groups in total. The molecule has 0 atom stereocenters. The number of hydrogen-bond donors (Lipinski definition) is 0. The van der Waals surface area contributed by atoms with Crippen LogP contribution < -0.4 is 0 Å². The van der Waals surface area contributed by atoms with Crippen LogP contribution in [0.4, 0.5) is 0 Å². The van der Waals surface area contributed by atoms with Crippen molar-refractivity contribution >= 4 is 11.9 Å². The third-order valence-corrected chi connectivity index (χ3v) is 3.95. The van der Waals surface area contributed by atoms with E-state index in [0.717, 1.165) is 12.0 Å². The topological polar surface area (TPSA) is 55.8 Å². The molecule has 1 aromatic rings. The lowest BCUT2D eigenvalue weighted by molar-refractivity contribution is -0.173. The zero-order valence-electron chi connectivity index (χ0n) is 13.2. The normalized spacial score (nSPS) is 17.2. The summed E-state index contributed by atoms with van der Waals surface area (Å²) < 4.78 is 10.4. The largest absolute Gasteiger partial charge is 0.464 e. The Balaban J connectivity index is 2.29. The number of hydrogen-bond acceptors (Lipinski definition) is 5.